The van der Waals surface area contributed by atoms with E-state index in [1.165, 1.54) is 18.5 Å². The van der Waals surface area contributed by atoms with Gasteiger partial charge >= 0.3 is 0 Å². The minimum absolute atomic E-state index is 0.699. The molecule has 0 atom stereocenters. The van der Waals surface area contributed by atoms with Crippen LogP contribution >= 0.6 is 11.6 Å². The zero-order valence-corrected chi connectivity index (χ0v) is 15.3. The van der Waals surface area contributed by atoms with E-state index in [1.807, 2.05) is 37.2 Å². The molecule has 128 valence electrons. The SMILES string of the molecule is CN(C)c1nc(-c2ccccc2N2CCCC2)nc2ccc(Cl)cc12. The van der Waals surface area contributed by atoms with Crippen LogP contribution < -0.4 is 9.80 Å². The van der Waals surface area contributed by atoms with Crippen LogP contribution in [0.25, 0.3) is 22.3 Å². The van der Waals surface area contributed by atoms with E-state index in [-0.39, 0.29) is 0 Å². The number of para-hydroxylation sites is 1. The molecule has 2 heterocycles. The highest BCUT2D eigenvalue weighted by molar-refractivity contribution is 6.31. The number of benzene rings is 2. The van der Waals surface area contributed by atoms with E-state index in [9.17, 15) is 0 Å². The van der Waals surface area contributed by atoms with E-state index in [0.717, 1.165) is 41.2 Å². The molecule has 2 aromatic carbocycles. The van der Waals surface area contributed by atoms with Gasteiger partial charge in [-0.3, -0.25) is 0 Å². The fourth-order valence-electron chi connectivity index (χ4n) is 3.44. The van der Waals surface area contributed by atoms with E-state index in [2.05, 4.69) is 29.2 Å². The number of hydrogen-bond donors (Lipinski definition) is 0. The van der Waals surface area contributed by atoms with Crippen molar-refractivity contribution < 1.29 is 0 Å². The molecule has 0 spiro atoms. The summed E-state index contributed by atoms with van der Waals surface area (Å²) in [5, 5.41) is 1.67. The minimum Gasteiger partial charge on any atom is -0.371 e. The van der Waals surface area contributed by atoms with Crippen molar-refractivity contribution in [2.75, 3.05) is 37.0 Å². The third kappa shape index (κ3) is 3.02. The summed E-state index contributed by atoms with van der Waals surface area (Å²) in [7, 11) is 4.00. The number of fused-ring (bicyclic) bond motifs is 1. The van der Waals surface area contributed by atoms with Crippen LogP contribution in [0.5, 0.6) is 0 Å². The van der Waals surface area contributed by atoms with E-state index in [0.29, 0.717) is 5.02 Å². The maximum atomic E-state index is 6.18. The Hall–Kier alpha value is -2.33. The van der Waals surface area contributed by atoms with Gasteiger partial charge in [0, 0.05) is 48.8 Å². The molecule has 0 radical (unpaired) electrons. The number of hydrogen-bond acceptors (Lipinski definition) is 4. The lowest BCUT2D eigenvalue weighted by atomic mass is 10.1. The van der Waals surface area contributed by atoms with Gasteiger partial charge in [0.15, 0.2) is 5.82 Å². The molecule has 3 aromatic rings. The average Bonchev–Trinajstić information content (AvgIpc) is 3.15. The van der Waals surface area contributed by atoms with Gasteiger partial charge in [-0.05, 0) is 43.2 Å². The molecule has 0 saturated carbocycles. The predicted octanol–water partition coefficient (Wildman–Crippen LogP) is 4.62. The van der Waals surface area contributed by atoms with Gasteiger partial charge in [0.1, 0.15) is 5.82 Å². The Morgan fingerprint density at radius 2 is 1.76 bits per heavy atom. The van der Waals surface area contributed by atoms with Crippen molar-refractivity contribution in [1.82, 2.24) is 9.97 Å². The lowest BCUT2D eigenvalue weighted by molar-refractivity contribution is 0.949. The summed E-state index contributed by atoms with van der Waals surface area (Å²) in [6, 6.07) is 14.2. The van der Waals surface area contributed by atoms with E-state index in [4.69, 9.17) is 21.6 Å². The molecule has 1 aliphatic heterocycles. The number of rotatable bonds is 3. The van der Waals surface area contributed by atoms with Crippen molar-refractivity contribution in [2.24, 2.45) is 0 Å². The summed E-state index contributed by atoms with van der Waals surface area (Å²) in [6.07, 6.45) is 2.49. The maximum Gasteiger partial charge on any atom is 0.164 e. The summed E-state index contributed by atoms with van der Waals surface area (Å²) in [4.78, 5) is 14.2. The van der Waals surface area contributed by atoms with E-state index in [1.54, 1.807) is 0 Å². The van der Waals surface area contributed by atoms with Crippen molar-refractivity contribution >= 4 is 34.0 Å². The monoisotopic (exact) mass is 352 g/mol. The number of nitrogens with zero attached hydrogens (tertiary/aromatic N) is 4. The van der Waals surface area contributed by atoms with Crippen LogP contribution in [-0.4, -0.2) is 37.2 Å². The molecule has 4 rings (SSSR count). The highest BCUT2D eigenvalue weighted by Crippen LogP contribution is 2.34. The number of aromatic nitrogens is 2. The zero-order chi connectivity index (χ0) is 17.4. The first kappa shape index (κ1) is 16.2. The second kappa shape index (κ2) is 6.52. The summed E-state index contributed by atoms with van der Waals surface area (Å²) < 4.78 is 0. The quantitative estimate of drug-likeness (QED) is 0.688. The van der Waals surface area contributed by atoms with Crippen molar-refractivity contribution in [3.8, 4) is 11.4 Å². The van der Waals surface area contributed by atoms with Crippen LogP contribution in [0.4, 0.5) is 11.5 Å². The van der Waals surface area contributed by atoms with Crippen LogP contribution in [0.1, 0.15) is 12.8 Å². The average molecular weight is 353 g/mol. The Bertz CT molecular complexity index is 917. The Balaban J connectivity index is 1.92. The Labute approximate surface area is 153 Å². The third-order valence-electron chi connectivity index (χ3n) is 4.65. The van der Waals surface area contributed by atoms with Gasteiger partial charge < -0.3 is 9.80 Å². The summed E-state index contributed by atoms with van der Waals surface area (Å²) in [5.74, 6) is 1.65. The second-order valence-electron chi connectivity index (χ2n) is 6.64. The molecule has 0 N–H and O–H groups in total. The molecule has 4 nitrogen and oxygen atoms in total. The predicted molar refractivity (Wildman–Crippen MR) is 106 cm³/mol. The highest BCUT2D eigenvalue weighted by atomic mass is 35.5. The highest BCUT2D eigenvalue weighted by Gasteiger charge is 2.19. The largest absolute Gasteiger partial charge is 0.371 e. The van der Waals surface area contributed by atoms with Gasteiger partial charge in [-0.2, -0.15) is 0 Å². The van der Waals surface area contributed by atoms with Gasteiger partial charge in [0.05, 0.1) is 5.52 Å². The van der Waals surface area contributed by atoms with Gasteiger partial charge in [0.25, 0.3) is 0 Å². The molecule has 1 saturated heterocycles. The summed E-state index contributed by atoms with van der Waals surface area (Å²) in [5.41, 5.74) is 3.22. The summed E-state index contributed by atoms with van der Waals surface area (Å²) >= 11 is 6.18. The smallest absolute Gasteiger partial charge is 0.164 e. The molecule has 0 bridgehead atoms. The maximum absolute atomic E-state index is 6.18. The third-order valence-corrected chi connectivity index (χ3v) is 4.89. The van der Waals surface area contributed by atoms with Crippen molar-refractivity contribution in [1.29, 1.82) is 0 Å². The fourth-order valence-corrected chi connectivity index (χ4v) is 3.61. The van der Waals surface area contributed by atoms with Crippen molar-refractivity contribution in [3.63, 3.8) is 0 Å². The van der Waals surface area contributed by atoms with Gasteiger partial charge in [-0.25, -0.2) is 9.97 Å². The number of anilines is 2. The summed E-state index contributed by atoms with van der Waals surface area (Å²) in [6.45, 7) is 2.20. The minimum atomic E-state index is 0.699. The van der Waals surface area contributed by atoms with Crippen LogP contribution in [0.3, 0.4) is 0 Å². The molecule has 1 aromatic heterocycles. The van der Waals surface area contributed by atoms with Crippen LogP contribution in [0.15, 0.2) is 42.5 Å². The first-order chi connectivity index (χ1) is 12.1. The van der Waals surface area contributed by atoms with Crippen molar-refractivity contribution in [2.45, 2.75) is 12.8 Å². The molecule has 0 amide bonds. The molecule has 0 unspecified atom stereocenters. The molecule has 25 heavy (non-hydrogen) atoms. The zero-order valence-electron chi connectivity index (χ0n) is 14.5. The van der Waals surface area contributed by atoms with Gasteiger partial charge in [0.2, 0.25) is 0 Å². The molecule has 1 fully saturated rings. The van der Waals surface area contributed by atoms with Gasteiger partial charge in [-0.15, -0.1) is 0 Å². The van der Waals surface area contributed by atoms with Crippen LogP contribution in [0.2, 0.25) is 5.02 Å². The molecular formula is C20H21ClN4. The molecule has 0 aliphatic carbocycles. The lowest BCUT2D eigenvalue weighted by Crippen LogP contribution is -2.19. The van der Waals surface area contributed by atoms with E-state index >= 15 is 0 Å². The standard InChI is InChI=1S/C20H21ClN4/c1-24(2)20-16-13-14(21)9-10-17(16)22-19(23-20)15-7-3-4-8-18(15)25-11-5-6-12-25/h3-4,7-10,13H,5-6,11-12H2,1-2H3. The van der Waals surface area contributed by atoms with Crippen LogP contribution in [0, 0.1) is 0 Å². The first-order valence-corrected chi connectivity index (χ1v) is 9.00. The molecule has 5 heteroatoms. The Morgan fingerprint density at radius 3 is 2.52 bits per heavy atom. The van der Waals surface area contributed by atoms with Crippen molar-refractivity contribution in [3.05, 3.63) is 47.5 Å². The Kier molecular flexibility index (Phi) is 4.22. The fraction of sp³-hybridized carbons (Fsp3) is 0.300. The first-order valence-electron chi connectivity index (χ1n) is 8.62. The lowest BCUT2D eigenvalue weighted by Gasteiger charge is -2.22. The Morgan fingerprint density at radius 1 is 1.00 bits per heavy atom. The molecular weight excluding hydrogens is 332 g/mol. The topological polar surface area (TPSA) is 32.3 Å². The van der Waals surface area contributed by atoms with Crippen LogP contribution in [-0.2, 0) is 0 Å². The normalized spacial score (nSPS) is 14.3. The number of halogens is 1. The van der Waals surface area contributed by atoms with Gasteiger partial charge in [-0.1, -0.05) is 23.7 Å². The second-order valence-corrected chi connectivity index (χ2v) is 7.07. The van der Waals surface area contributed by atoms with E-state index < -0.39 is 0 Å². The molecule has 1 aliphatic rings.